The van der Waals surface area contributed by atoms with Crippen LogP contribution < -0.4 is 10.6 Å². The van der Waals surface area contributed by atoms with Crippen LogP contribution in [0.1, 0.15) is 32.3 Å². The zero-order valence-electron chi connectivity index (χ0n) is 12.2. The lowest BCUT2D eigenvalue weighted by Crippen LogP contribution is -2.38. The molecule has 1 atom stereocenters. The van der Waals surface area contributed by atoms with E-state index < -0.39 is 12.1 Å². The van der Waals surface area contributed by atoms with Gasteiger partial charge in [-0.3, -0.25) is 0 Å². The van der Waals surface area contributed by atoms with Crippen molar-refractivity contribution in [1.29, 1.82) is 0 Å². The van der Waals surface area contributed by atoms with Gasteiger partial charge in [-0.15, -0.1) is 0 Å². The first-order valence-corrected chi connectivity index (χ1v) is 6.97. The number of carbonyl (C=O) groups is 1. The van der Waals surface area contributed by atoms with Crippen LogP contribution in [0.15, 0.2) is 18.2 Å². The third-order valence-electron chi connectivity index (χ3n) is 3.58. The number of carbonyl (C=O) groups excluding carboxylic acids is 1. The lowest BCUT2D eigenvalue weighted by molar-refractivity contribution is 0.104. The summed E-state index contributed by atoms with van der Waals surface area (Å²) in [5.74, 6) is -0.189. The Morgan fingerprint density at radius 2 is 2.00 bits per heavy atom. The van der Waals surface area contributed by atoms with Crippen LogP contribution in [0.3, 0.4) is 0 Å². The van der Waals surface area contributed by atoms with Crippen molar-refractivity contribution in [3.05, 3.63) is 29.6 Å². The van der Waals surface area contributed by atoms with Gasteiger partial charge in [-0.2, -0.15) is 0 Å². The van der Waals surface area contributed by atoms with Crippen molar-refractivity contribution in [1.82, 2.24) is 5.32 Å². The van der Waals surface area contributed by atoms with Gasteiger partial charge in [0.05, 0.1) is 6.10 Å². The van der Waals surface area contributed by atoms with Crippen LogP contribution in [0.5, 0.6) is 0 Å². The molecule has 1 aromatic carbocycles. The summed E-state index contributed by atoms with van der Waals surface area (Å²) in [7, 11) is 0. The number of hydrogen-bond acceptors (Lipinski definition) is 2. The molecule has 1 rings (SSSR count). The molecular weight excluding hydrogens is 259 g/mol. The van der Waals surface area contributed by atoms with Crippen LogP contribution in [-0.2, 0) is 0 Å². The van der Waals surface area contributed by atoms with E-state index in [4.69, 9.17) is 0 Å². The summed E-state index contributed by atoms with van der Waals surface area (Å²) in [6, 6.07) is 4.07. The van der Waals surface area contributed by atoms with E-state index in [1.54, 1.807) is 13.0 Å². The van der Waals surface area contributed by atoms with Gasteiger partial charge in [0.1, 0.15) is 5.82 Å². The van der Waals surface area contributed by atoms with Crippen LogP contribution in [0.4, 0.5) is 14.9 Å². The molecule has 3 N–H and O–H groups in total. The number of rotatable bonds is 6. The fourth-order valence-electron chi connectivity index (χ4n) is 2.11. The molecule has 0 bridgehead atoms. The van der Waals surface area contributed by atoms with Crippen molar-refractivity contribution in [2.24, 2.45) is 5.92 Å². The van der Waals surface area contributed by atoms with Gasteiger partial charge in [0, 0.05) is 17.8 Å². The third-order valence-corrected chi connectivity index (χ3v) is 3.58. The summed E-state index contributed by atoms with van der Waals surface area (Å²) in [6.07, 6.45) is 1.16. The molecular formula is C15H23FN2O2. The topological polar surface area (TPSA) is 61.4 Å². The first-order chi connectivity index (χ1) is 9.49. The van der Waals surface area contributed by atoms with Crippen molar-refractivity contribution < 1.29 is 14.3 Å². The molecule has 0 spiro atoms. The van der Waals surface area contributed by atoms with Gasteiger partial charge in [0.15, 0.2) is 0 Å². The molecule has 1 aromatic rings. The first-order valence-electron chi connectivity index (χ1n) is 6.97. The van der Waals surface area contributed by atoms with Crippen LogP contribution in [0.25, 0.3) is 0 Å². The normalized spacial score (nSPS) is 12.3. The summed E-state index contributed by atoms with van der Waals surface area (Å²) in [4.78, 5) is 11.7. The highest BCUT2D eigenvalue weighted by Crippen LogP contribution is 2.17. The van der Waals surface area contributed by atoms with Crippen LogP contribution in [0.2, 0.25) is 0 Å². The van der Waals surface area contributed by atoms with Crippen molar-refractivity contribution in [2.45, 2.75) is 39.7 Å². The Hall–Kier alpha value is -1.62. The number of aliphatic hydroxyl groups excluding tert-OH is 1. The van der Waals surface area contributed by atoms with E-state index in [9.17, 15) is 14.3 Å². The summed E-state index contributed by atoms with van der Waals surface area (Å²) in [5.41, 5.74) is 0.822. The Balaban J connectivity index is 2.50. The highest BCUT2D eigenvalue weighted by molar-refractivity contribution is 5.90. The molecule has 0 heterocycles. The van der Waals surface area contributed by atoms with Gasteiger partial charge >= 0.3 is 6.03 Å². The first kappa shape index (κ1) is 16.4. The minimum Gasteiger partial charge on any atom is -0.391 e. The van der Waals surface area contributed by atoms with Crippen LogP contribution in [-0.4, -0.2) is 23.8 Å². The average molecular weight is 282 g/mol. The molecule has 0 radical (unpaired) electrons. The molecule has 0 aliphatic rings. The van der Waals surface area contributed by atoms with Gasteiger partial charge in [-0.05, 0) is 25.0 Å². The lowest BCUT2D eigenvalue weighted by Gasteiger charge is -2.20. The van der Waals surface area contributed by atoms with E-state index in [-0.39, 0.29) is 18.3 Å². The number of nitrogens with one attached hydrogen (secondary N) is 2. The molecule has 2 amide bonds. The van der Waals surface area contributed by atoms with Gasteiger partial charge in [-0.1, -0.05) is 32.8 Å². The lowest BCUT2D eigenvalue weighted by atomic mass is 9.97. The highest BCUT2D eigenvalue weighted by atomic mass is 19.1. The molecule has 0 saturated heterocycles. The molecule has 5 heteroatoms. The summed E-state index contributed by atoms with van der Waals surface area (Å²) in [6.45, 7) is 5.80. The Kier molecular flexibility index (Phi) is 6.45. The third kappa shape index (κ3) is 4.49. The number of aliphatic hydroxyl groups is 1. The second kappa shape index (κ2) is 7.85. The molecule has 0 aliphatic carbocycles. The summed E-state index contributed by atoms with van der Waals surface area (Å²) >= 11 is 0. The molecule has 0 aliphatic heterocycles. The molecule has 112 valence electrons. The van der Waals surface area contributed by atoms with Gasteiger partial charge in [-0.25, -0.2) is 9.18 Å². The maximum atomic E-state index is 13.3. The number of hydrogen-bond donors (Lipinski definition) is 3. The molecule has 0 aromatic heterocycles. The summed E-state index contributed by atoms with van der Waals surface area (Å²) in [5, 5.41) is 15.1. The van der Waals surface area contributed by atoms with Gasteiger partial charge in [0.2, 0.25) is 0 Å². The number of anilines is 1. The van der Waals surface area contributed by atoms with E-state index in [1.807, 2.05) is 13.8 Å². The van der Waals surface area contributed by atoms with Gasteiger partial charge < -0.3 is 15.7 Å². The number of urea groups is 1. The van der Waals surface area contributed by atoms with Crippen molar-refractivity contribution in [3.63, 3.8) is 0 Å². The Morgan fingerprint density at radius 3 is 2.60 bits per heavy atom. The average Bonchev–Trinajstić information content (AvgIpc) is 2.43. The number of halogens is 1. The standard InChI is InChI=1S/C15H23FN2O2/c1-4-11(5-2)14(19)9-17-15(20)18-13-8-6-7-12(16)10(13)3/h6-8,11,14,19H,4-5,9H2,1-3H3,(H2,17,18,20). The van der Waals surface area contributed by atoms with Crippen LogP contribution in [0, 0.1) is 18.7 Å². The molecule has 4 nitrogen and oxygen atoms in total. The SMILES string of the molecule is CCC(CC)C(O)CNC(=O)Nc1cccc(F)c1C. The second-order valence-corrected chi connectivity index (χ2v) is 4.89. The quantitative estimate of drug-likeness (QED) is 0.751. The summed E-state index contributed by atoms with van der Waals surface area (Å²) < 4.78 is 13.3. The molecule has 0 fully saturated rings. The van der Waals surface area contributed by atoms with Crippen molar-refractivity contribution >= 4 is 11.7 Å². The maximum Gasteiger partial charge on any atom is 0.319 e. The van der Waals surface area contributed by atoms with E-state index in [2.05, 4.69) is 10.6 Å². The largest absolute Gasteiger partial charge is 0.391 e. The highest BCUT2D eigenvalue weighted by Gasteiger charge is 2.16. The van der Waals surface area contributed by atoms with E-state index in [0.29, 0.717) is 11.3 Å². The number of benzene rings is 1. The zero-order valence-corrected chi connectivity index (χ0v) is 12.2. The van der Waals surface area contributed by atoms with Crippen molar-refractivity contribution in [2.75, 3.05) is 11.9 Å². The maximum absolute atomic E-state index is 13.3. The van der Waals surface area contributed by atoms with Crippen LogP contribution >= 0.6 is 0 Å². The number of amides is 2. The Morgan fingerprint density at radius 1 is 1.35 bits per heavy atom. The molecule has 1 unspecified atom stereocenters. The molecule has 20 heavy (non-hydrogen) atoms. The fraction of sp³-hybridized carbons (Fsp3) is 0.533. The van der Waals surface area contributed by atoms with E-state index in [1.165, 1.54) is 12.1 Å². The van der Waals surface area contributed by atoms with E-state index in [0.717, 1.165) is 12.8 Å². The fourth-order valence-corrected chi connectivity index (χ4v) is 2.11. The smallest absolute Gasteiger partial charge is 0.319 e. The predicted octanol–water partition coefficient (Wildman–Crippen LogP) is 3.05. The second-order valence-electron chi connectivity index (χ2n) is 4.89. The van der Waals surface area contributed by atoms with Crippen molar-refractivity contribution in [3.8, 4) is 0 Å². The monoisotopic (exact) mass is 282 g/mol. The Bertz CT molecular complexity index is 447. The van der Waals surface area contributed by atoms with E-state index >= 15 is 0 Å². The Labute approximate surface area is 119 Å². The predicted molar refractivity (Wildman–Crippen MR) is 78.2 cm³/mol. The minimum atomic E-state index is -0.565. The zero-order chi connectivity index (χ0) is 15.1. The minimum absolute atomic E-state index is 0.172. The van der Waals surface area contributed by atoms with Gasteiger partial charge in [0.25, 0.3) is 0 Å². The molecule has 0 saturated carbocycles.